The summed E-state index contributed by atoms with van der Waals surface area (Å²) in [7, 11) is 0. The highest BCUT2D eigenvalue weighted by molar-refractivity contribution is 5.96. The largest absolute Gasteiger partial charge is 0.493 e. The molecule has 170 valence electrons. The number of carboxylic acid groups (broad SMARTS) is 2. The number of carbonyl (C=O) groups excluding carboxylic acids is 1. The second-order valence-corrected chi connectivity index (χ2v) is 7.72. The summed E-state index contributed by atoms with van der Waals surface area (Å²) in [6.07, 6.45) is 1.66. The summed E-state index contributed by atoms with van der Waals surface area (Å²) >= 11 is 0. The lowest BCUT2D eigenvalue weighted by Crippen LogP contribution is -2.41. The number of carbonyl (C=O) groups is 3. The molecule has 11 heteroatoms. The Morgan fingerprint density at radius 3 is 2.56 bits per heavy atom. The fourth-order valence-corrected chi connectivity index (χ4v) is 3.59. The molecule has 2 atom stereocenters. The van der Waals surface area contributed by atoms with Gasteiger partial charge in [-0.1, -0.05) is 12.1 Å². The molecule has 1 aromatic carbocycles. The van der Waals surface area contributed by atoms with Gasteiger partial charge in [-0.2, -0.15) is 9.97 Å². The molecule has 0 bridgehead atoms. The zero-order valence-corrected chi connectivity index (χ0v) is 17.2. The van der Waals surface area contributed by atoms with E-state index in [4.69, 9.17) is 15.9 Å². The summed E-state index contributed by atoms with van der Waals surface area (Å²) in [5.74, 6) is -2.25. The minimum Gasteiger partial charge on any atom is -0.493 e. The third-order valence-corrected chi connectivity index (χ3v) is 5.36. The average Bonchev–Trinajstić information content (AvgIpc) is 2.75. The highest BCUT2D eigenvalue weighted by Crippen LogP contribution is 2.31. The Balaban J connectivity index is 1.54. The lowest BCUT2D eigenvalue weighted by Gasteiger charge is -2.25. The summed E-state index contributed by atoms with van der Waals surface area (Å²) in [5, 5.41) is 33.4. The van der Waals surface area contributed by atoms with Crippen LogP contribution in [0.2, 0.25) is 0 Å². The fourth-order valence-electron chi connectivity index (χ4n) is 3.59. The van der Waals surface area contributed by atoms with Crippen molar-refractivity contribution in [3.63, 3.8) is 0 Å². The van der Waals surface area contributed by atoms with Crippen LogP contribution in [0.25, 0.3) is 0 Å². The number of hydrogen-bond donors (Lipinski definition) is 6. The third-order valence-electron chi connectivity index (χ3n) is 5.36. The van der Waals surface area contributed by atoms with E-state index in [0.717, 1.165) is 18.4 Å². The first-order valence-corrected chi connectivity index (χ1v) is 10.2. The second kappa shape index (κ2) is 9.94. The number of nitrogens with zero attached hydrogens (tertiary/aromatic N) is 2. The number of benzene rings is 1. The molecule has 1 aliphatic heterocycles. The van der Waals surface area contributed by atoms with Crippen LogP contribution in [0, 0.1) is 5.92 Å². The molecule has 11 nitrogen and oxygen atoms in total. The molecule has 0 fully saturated rings. The summed E-state index contributed by atoms with van der Waals surface area (Å²) in [4.78, 5) is 42.1. The number of hydrogen-bond acceptors (Lipinski definition) is 8. The molecule has 3 rings (SSSR count). The Labute approximate surface area is 183 Å². The maximum atomic E-state index is 12.3. The van der Waals surface area contributed by atoms with E-state index in [0.29, 0.717) is 29.9 Å². The smallest absolute Gasteiger partial charge is 0.326 e. The number of anilines is 2. The zero-order chi connectivity index (χ0) is 23.3. The molecule has 1 unspecified atom stereocenters. The van der Waals surface area contributed by atoms with Crippen LogP contribution in [0.4, 0.5) is 11.8 Å². The molecule has 2 aromatic rings. The Bertz CT molecular complexity index is 1010. The molecule has 0 saturated carbocycles. The standard InChI is InChI=1S/C21H25N5O6/c22-21-25-17-14(19(30)26-21)9-12(10-23-17)2-1-11-3-5-13(6-4-11)18(29)24-15(20(31)32)7-8-16(27)28/h3-6,12,15H,1-2,7-10H2,(H,24,29)(H,27,28)(H,31,32)(H4,22,23,25,26,30)/t12?,15-/m0/s1. The molecule has 1 aliphatic rings. The lowest BCUT2D eigenvalue weighted by atomic mass is 9.90. The number of nitrogen functional groups attached to an aromatic ring is 1. The number of aliphatic carboxylic acids is 2. The number of aryl methyl sites for hydroxylation is 1. The van der Waals surface area contributed by atoms with Crippen molar-refractivity contribution in [2.24, 2.45) is 5.92 Å². The van der Waals surface area contributed by atoms with E-state index >= 15 is 0 Å². The first-order chi connectivity index (χ1) is 15.2. The molecule has 0 saturated heterocycles. The molecule has 2 heterocycles. The highest BCUT2D eigenvalue weighted by atomic mass is 16.4. The number of fused-ring (bicyclic) bond motifs is 1. The summed E-state index contributed by atoms with van der Waals surface area (Å²) in [5.41, 5.74) is 7.50. The van der Waals surface area contributed by atoms with Crippen molar-refractivity contribution in [3.8, 4) is 5.88 Å². The summed E-state index contributed by atoms with van der Waals surface area (Å²) in [6.45, 7) is 0.691. The fraction of sp³-hybridized carbons (Fsp3) is 0.381. The van der Waals surface area contributed by atoms with Gasteiger partial charge in [-0.3, -0.25) is 9.59 Å². The number of aromatic hydroxyl groups is 1. The van der Waals surface area contributed by atoms with E-state index in [1.165, 1.54) is 0 Å². The van der Waals surface area contributed by atoms with E-state index in [1.807, 2.05) is 0 Å². The Morgan fingerprint density at radius 1 is 1.19 bits per heavy atom. The number of aromatic nitrogens is 2. The molecule has 1 amide bonds. The monoisotopic (exact) mass is 443 g/mol. The molecule has 7 N–H and O–H groups in total. The van der Waals surface area contributed by atoms with Gasteiger partial charge in [0.15, 0.2) is 0 Å². The van der Waals surface area contributed by atoms with Crippen LogP contribution >= 0.6 is 0 Å². The third kappa shape index (κ3) is 5.84. The van der Waals surface area contributed by atoms with Crippen LogP contribution in [0.15, 0.2) is 24.3 Å². The summed E-state index contributed by atoms with van der Waals surface area (Å²) in [6, 6.07) is 5.55. The van der Waals surface area contributed by atoms with E-state index in [1.54, 1.807) is 24.3 Å². The van der Waals surface area contributed by atoms with Gasteiger partial charge in [0.05, 0.1) is 5.56 Å². The van der Waals surface area contributed by atoms with E-state index in [-0.39, 0.29) is 30.6 Å². The van der Waals surface area contributed by atoms with Crippen molar-refractivity contribution in [2.75, 3.05) is 17.6 Å². The normalized spacial score (nSPS) is 15.8. The van der Waals surface area contributed by atoms with E-state index < -0.39 is 23.9 Å². The van der Waals surface area contributed by atoms with Crippen molar-refractivity contribution >= 4 is 29.6 Å². The van der Waals surface area contributed by atoms with E-state index in [9.17, 15) is 19.5 Å². The second-order valence-electron chi connectivity index (χ2n) is 7.72. The quantitative estimate of drug-likeness (QED) is 0.326. The Morgan fingerprint density at radius 2 is 1.91 bits per heavy atom. The van der Waals surface area contributed by atoms with Crippen LogP contribution < -0.4 is 16.4 Å². The first kappa shape index (κ1) is 22.8. The first-order valence-electron chi connectivity index (χ1n) is 10.2. The van der Waals surface area contributed by atoms with Crippen LogP contribution in [0.1, 0.15) is 40.7 Å². The SMILES string of the molecule is Nc1nc(O)c2c(n1)NCC(CCc1ccc(C(=O)N[C@@H](CCC(=O)O)C(=O)O)cc1)C2. The zero-order valence-electron chi connectivity index (χ0n) is 17.2. The number of rotatable bonds is 9. The van der Waals surface area contributed by atoms with Crippen molar-refractivity contribution in [3.05, 3.63) is 41.0 Å². The van der Waals surface area contributed by atoms with Crippen molar-refractivity contribution in [2.45, 2.75) is 38.1 Å². The minimum atomic E-state index is -1.28. The van der Waals surface area contributed by atoms with Gasteiger partial charge < -0.3 is 31.7 Å². The predicted molar refractivity (Wildman–Crippen MR) is 114 cm³/mol. The predicted octanol–water partition coefficient (Wildman–Crippen LogP) is 1.03. The van der Waals surface area contributed by atoms with Gasteiger partial charge in [-0.15, -0.1) is 0 Å². The Hall–Kier alpha value is -3.89. The van der Waals surface area contributed by atoms with Crippen LogP contribution in [-0.4, -0.2) is 55.7 Å². The molecule has 0 spiro atoms. The van der Waals surface area contributed by atoms with Gasteiger partial charge in [0.2, 0.25) is 11.8 Å². The number of nitrogens with one attached hydrogen (secondary N) is 2. The van der Waals surface area contributed by atoms with Gasteiger partial charge in [0.1, 0.15) is 11.9 Å². The number of nitrogens with two attached hydrogens (primary N) is 1. The van der Waals surface area contributed by atoms with Crippen molar-refractivity contribution in [1.29, 1.82) is 0 Å². The van der Waals surface area contributed by atoms with Crippen LogP contribution in [-0.2, 0) is 22.4 Å². The van der Waals surface area contributed by atoms with E-state index in [2.05, 4.69) is 20.6 Å². The van der Waals surface area contributed by atoms with Gasteiger partial charge in [0, 0.05) is 18.5 Å². The van der Waals surface area contributed by atoms with Gasteiger partial charge in [0.25, 0.3) is 5.91 Å². The summed E-state index contributed by atoms with van der Waals surface area (Å²) < 4.78 is 0. The van der Waals surface area contributed by atoms with Crippen LogP contribution in [0.5, 0.6) is 5.88 Å². The Kier molecular flexibility index (Phi) is 7.08. The molecular formula is C21H25N5O6. The van der Waals surface area contributed by atoms with Crippen molar-refractivity contribution < 1.29 is 29.7 Å². The van der Waals surface area contributed by atoms with Gasteiger partial charge in [-0.25, -0.2) is 4.79 Å². The molecule has 0 aliphatic carbocycles. The maximum absolute atomic E-state index is 12.3. The molecule has 0 radical (unpaired) electrons. The topological polar surface area (TPSA) is 188 Å². The molecule has 1 aromatic heterocycles. The number of carboxylic acids is 2. The van der Waals surface area contributed by atoms with Gasteiger partial charge >= 0.3 is 11.9 Å². The number of amides is 1. The minimum absolute atomic E-state index is 0.0212. The molecular weight excluding hydrogens is 418 g/mol. The van der Waals surface area contributed by atoms with Gasteiger partial charge in [-0.05, 0) is 49.3 Å². The highest BCUT2D eigenvalue weighted by Gasteiger charge is 2.24. The lowest BCUT2D eigenvalue weighted by molar-refractivity contribution is -0.140. The average molecular weight is 443 g/mol. The van der Waals surface area contributed by atoms with Crippen LogP contribution in [0.3, 0.4) is 0 Å². The van der Waals surface area contributed by atoms with Crippen molar-refractivity contribution in [1.82, 2.24) is 15.3 Å². The maximum Gasteiger partial charge on any atom is 0.326 e. The molecule has 32 heavy (non-hydrogen) atoms.